The zero-order valence-corrected chi connectivity index (χ0v) is 4.59. The number of hydrogen-bond donors (Lipinski definition) is 0. The Labute approximate surface area is 43.5 Å². The van der Waals surface area contributed by atoms with Crippen molar-refractivity contribution in [1.29, 1.82) is 0 Å². The molecule has 0 N–H and O–H groups in total. The van der Waals surface area contributed by atoms with Crippen LogP contribution in [0.1, 0.15) is 13.3 Å². The van der Waals surface area contributed by atoms with Crippen molar-refractivity contribution in [1.82, 2.24) is 0 Å². The van der Waals surface area contributed by atoms with Crippen LogP contribution in [0.2, 0.25) is 0 Å². The monoisotopic (exact) mass is 96.1 g/mol. The molecule has 1 heteroatoms. The Morgan fingerprint density at radius 3 is 2.57 bits per heavy atom. The van der Waals surface area contributed by atoms with Gasteiger partial charge in [0.25, 0.3) is 0 Å². The van der Waals surface area contributed by atoms with Crippen molar-refractivity contribution in [3.05, 3.63) is 0 Å². The van der Waals surface area contributed by atoms with Crippen molar-refractivity contribution in [3.8, 4) is 0 Å². The molecule has 1 spiro atoms. The van der Waals surface area contributed by atoms with Gasteiger partial charge in [-0.3, -0.25) is 4.48 Å². The first-order valence-corrected chi connectivity index (χ1v) is 3.28. The largest absolute Gasteiger partial charge is 0.286 e. The summed E-state index contributed by atoms with van der Waals surface area (Å²) in [5.74, 6) is 0. The summed E-state index contributed by atoms with van der Waals surface area (Å²) in [5.41, 5.74) is 0. The maximum Gasteiger partial charge on any atom is 0.200 e. The summed E-state index contributed by atoms with van der Waals surface area (Å²) >= 11 is 0. The molecule has 3 rings (SSSR count). The maximum absolute atomic E-state index is 2.32. The normalized spacial score (nSPS) is 79.3. The second kappa shape index (κ2) is 0.510. The number of rotatable bonds is 1. The second-order valence-electron chi connectivity index (χ2n) is 3.21. The lowest BCUT2D eigenvalue weighted by molar-refractivity contribution is -0.605. The van der Waals surface area contributed by atoms with Crippen LogP contribution in [0.25, 0.3) is 0 Å². The van der Waals surface area contributed by atoms with Crippen LogP contribution in [0.5, 0.6) is 0 Å². The molecule has 0 amide bonds. The summed E-state index contributed by atoms with van der Waals surface area (Å²) in [4.78, 5) is 0. The van der Waals surface area contributed by atoms with Gasteiger partial charge in [-0.25, -0.2) is 0 Å². The zero-order valence-electron chi connectivity index (χ0n) is 4.59. The molecule has 3 heterocycles. The molecular formula is C6H10N+. The van der Waals surface area contributed by atoms with Crippen LogP contribution in [0.15, 0.2) is 0 Å². The van der Waals surface area contributed by atoms with Gasteiger partial charge in [0.1, 0.15) is 12.6 Å². The fourth-order valence-corrected chi connectivity index (χ4v) is 2.49. The van der Waals surface area contributed by atoms with Gasteiger partial charge in [-0.15, -0.1) is 0 Å². The van der Waals surface area contributed by atoms with E-state index in [0.717, 1.165) is 6.04 Å². The van der Waals surface area contributed by atoms with E-state index in [-0.39, 0.29) is 0 Å². The first-order valence-electron chi connectivity index (χ1n) is 3.28. The Balaban J connectivity index is 1.91. The zero-order chi connectivity index (χ0) is 4.65. The predicted molar refractivity (Wildman–Crippen MR) is 26.8 cm³/mol. The van der Waals surface area contributed by atoms with Gasteiger partial charge in [0, 0.05) is 6.42 Å². The van der Waals surface area contributed by atoms with Crippen LogP contribution in [0, 0.1) is 0 Å². The molecule has 0 aliphatic carbocycles. The van der Waals surface area contributed by atoms with Gasteiger partial charge in [-0.1, -0.05) is 6.92 Å². The van der Waals surface area contributed by atoms with Crippen LogP contribution in [-0.2, 0) is 0 Å². The fraction of sp³-hybridized carbons (Fsp3) is 1.00. The third kappa shape index (κ3) is 0.129. The highest BCUT2D eigenvalue weighted by atomic mass is 15.8. The molecular weight excluding hydrogens is 86.1 g/mol. The lowest BCUT2D eigenvalue weighted by Crippen LogP contribution is -2.02. The number of nitrogens with zero attached hydrogens (tertiary/aromatic N) is 1. The van der Waals surface area contributed by atoms with Crippen molar-refractivity contribution in [2.75, 3.05) is 6.54 Å². The van der Waals surface area contributed by atoms with E-state index in [1.807, 2.05) is 0 Å². The molecule has 0 bridgehead atoms. The minimum atomic E-state index is 1.16. The molecule has 0 saturated carbocycles. The molecule has 7 heavy (non-hydrogen) atoms. The van der Waals surface area contributed by atoms with E-state index in [0.29, 0.717) is 0 Å². The molecule has 0 aromatic rings. The fourth-order valence-electron chi connectivity index (χ4n) is 2.49. The van der Waals surface area contributed by atoms with E-state index >= 15 is 0 Å². The summed E-state index contributed by atoms with van der Waals surface area (Å²) < 4.78 is 1.59. The average molecular weight is 96.2 g/mol. The Bertz CT molecular complexity index is 143. The lowest BCUT2D eigenvalue weighted by atomic mass is 10.2. The minimum absolute atomic E-state index is 1.16. The van der Waals surface area contributed by atoms with Gasteiger partial charge >= 0.3 is 0 Å². The molecule has 0 aromatic carbocycles. The van der Waals surface area contributed by atoms with Gasteiger partial charge in [-0.05, 0) is 0 Å². The molecule has 3 fully saturated rings. The van der Waals surface area contributed by atoms with Crippen LogP contribution in [0.4, 0.5) is 0 Å². The van der Waals surface area contributed by atoms with Crippen molar-refractivity contribution in [2.24, 2.45) is 0 Å². The van der Waals surface area contributed by atoms with Gasteiger partial charge < -0.3 is 0 Å². The molecule has 4 atom stereocenters. The third-order valence-corrected chi connectivity index (χ3v) is 3.19. The van der Waals surface area contributed by atoms with E-state index in [1.54, 1.807) is 11.0 Å². The van der Waals surface area contributed by atoms with E-state index in [1.165, 1.54) is 18.5 Å². The highest BCUT2D eigenvalue weighted by Crippen LogP contribution is 2.76. The Hall–Kier alpha value is -0.0400. The molecule has 3 aliphatic rings. The lowest BCUT2D eigenvalue weighted by Gasteiger charge is -1.83. The summed E-state index contributed by atoms with van der Waals surface area (Å²) in [5, 5.41) is 0. The van der Waals surface area contributed by atoms with Crippen LogP contribution >= 0.6 is 0 Å². The number of hydrogen-bond acceptors (Lipinski definition) is 0. The Kier molecular flexibility index (Phi) is 0.224. The van der Waals surface area contributed by atoms with E-state index < -0.39 is 0 Å². The summed E-state index contributed by atoms with van der Waals surface area (Å²) in [6.07, 6.45) is 1.45. The van der Waals surface area contributed by atoms with Gasteiger partial charge in [0.15, 0.2) is 6.04 Å². The maximum atomic E-state index is 2.32. The van der Waals surface area contributed by atoms with Gasteiger partial charge in [0.05, 0.1) is 0 Å². The van der Waals surface area contributed by atoms with E-state index in [9.17, 15) is 0 Å². The Morgan fingerprint density at radius 1 is 1.71 bits per heavy atom. The highest BCUT2D eigenvalue weighted by molar-refractivity contribution is 5.21. The first-order chi connectivity index (χ1) is 3.41. The second-order valence-corrected chi connectivity index (χ2v) is 3.21. The molecule has 38 valence electrons. The molecule has 3 saturated heterocycles. The molecule has 0 aromatic heterocycles. The summed E-state index contributed by atoms with van der Waals surface area (Å²) in [6.45, 7) is 3.88. The van der Waals surface area contributed by atoms with Crippen LogP contribution < -0.4 is 0 Å². The smallest absolute Gasteiger partial charge is 0.200 e. The molecule has 3 aliphatic heterocycles. The Morgan fingerprint density at radius 2 is 2.43 bits per heavy atom. The highest BCUT2D eigenvalue weighted by Gasteiger charge is 3.03. The third-order valence-electron chi connectivity index (χ3n) is 3.19. The van der Waals surface area contributed by atoms with E-state index in [4.69, 9.17) is 0 Å². The average Bonchev–Trinajstić information content (AvgIpc) is 2.41. The van der Waals surface area contributed by atoms with Gasteiger partial charge in [0.2, 0.25) is 6.04 Å². The molecule has 0 radical (unpaired) electrons. The number of fused-ring (bicyclic) bond motifs is 1. The van der Waals surface area contributed by atoms with E-state index in [2.05, 4.69) is 6.92 Å². The summed E-state index contributed by atoms with van der Waals surface area (Å²) in [7, 11) is 0. The van der Waals surface area contributed by atoms with Crippen LogP contribution in [0.3, 0.4) is 0 Å². The molecule has 4 unspecified atom stereocenters. The molecule has 1 nitrogen and oxygen atoms in total. The van der Waals surface area contributed by atoms with Gasteiger partial charge in [-0.2, -0.15) is 0 Å². The number of quaternary nitrogens is 1. The quantitative estimate of drug-likeness (QED) is 0.326. The first kappa shape index (κ1) is 3.08. The van der Waals surface area contributed by atoms with Crippen molar-refractivity contribution in [2.45, 2.75) is 31.5 Å². The standard InChI is InChI=1S/C6H10N/c1-2-4-6-5-3-7(4,5)6/h4-6H,2-3H2,1H3/q+1. The van der Waals surface area contributed by atoms with Crippen LogP contribution in [-0.4, -0.2) is 29.2 Å². The summed E-state index contributed by atoms with van der Waals surface area (Å²) in [6, 6.07) is 3.58. The van der Waals surface area contributed by atoms with Crippen molar-refractivity contribution in [3.63, 3.8) is 0 Å². The van der Waals surface area contributed by atoms with Crippen molar-refractivity contribution >= 4 is 0 Å². The van der Waals surface area contributed by atoms with Crippen molar-refractivity contribution < 1.29 is 4.48 Å². The predicted octanol–water partition coefficient (Wildman–Crippen LogP) is 0.360. The topological polar surface area (TPSA) is 0 Å². The minimum Gasteiger partial charge on any atom is -0.286 e. The SMILES string of the molecule is CCC1C2C3C[N+]132.